The summed E-state index contributed by atoms with van der Waals surface area (Å²) >= 11 is 0. The zero-order chi connectivity index (χ0) is 18.3. The molecule has 2 rings (SSSR count). The van der Waals surface area contributed by atoms with E-state index in [0.29, 0.717) is 36.9 Å². The van der Waals surface area contributed by atoms with Gasteiger partial charge in [-0.1, -0.05) is 12.7 Å². The first-order chi connectivity index (χ1) is 12.0. The smallest absolute Gasteiger partial charge is 0.264 e. The van der Waals surface area contributed by atoms with Crippen molar-refractivity contribution in [1.82, 2.24) is 0 Å². The van der Waals surface area contributed by atoms with Crippen molar-refractivity contribution < 1.29 is 17.9 Å². The largest absolute Gasteiger partial charge is 0.494 e. The van der Waals surface area contributed by atoms with Crippen LogP contribution in [0.4, 0.5) is 5.69 Å². The van der Waals surface area contributed by atoms with E-state index in [9.17, 15) is 8.42 Å². The molecule has 0 aliphatic heterocycles. The van der Waals surface area contributed by atoms with Gasteiger partial charge in [0, 0.05) is 6.54 Å². The Morgan fingerprint density at radius 1 is 0.960 bits per heavy atom. The highest BCUT2D eigenvalue weighted by atomic mass is 32.2. The van der Waals surface area contributed by atoms with Gasteiger partial charge in [-0.25, -0.2) is 8.42 Å². The Hall–Kier alpha value is -2.47. The highest BCUT2D eigenvalue weighted by molar-refractivity contribution is 7.92. The second-order valence-electron chi connectivity index (χ2n) is 5.17. The number of hydrogen-bond donors (Lipinski definition) is 0. The topological polar surface area (TPSA) is 55.8 Å². The second kappa shape index (κ2) is 8.58. The Labute approximate surface area is 149 Å². The lowest BCUT2D eigenvalue weighted by Gasteiger charge is -2.23. The van der Waals surface area contributed by atoms with Crippen molar-refractivity contribution in [2.45, 2.75) is 18.7 Å². The van der Waals surface area contributed by atoms with Gasteiger partial charge < -0.3 is 9.47 Å². The lowest BCUT2D eigenvalue weighted by Crippen LogP contribution is -2.30. The molecule has 0 saturated carbocycles. The zero-order valence-corrected chi connectivity index (χ0v) is 15.3. The molecule has 0 spiro atoms. The first-order valence-corrected chi connectivity index (χ1v) is 9.56. The molecule has 0 bridgehead atoms. The predicted octanol–water partition coefficient (Wildman–Crippen LogP) is 3.87. The summed E-state index contributed by atoms with van der Waals surface area (Å²) in [6.07, 6.45) is 1.66. The minimum atomic E-state index is -3.64. The molecule has 2 aromatic carbocycles. The quantitative estimate of drug-likeness (QED) is 0.636. The van der Waals surface area contributed by atoms with Crippen LogP contribution in [0.3, 0.4) is 0 Å². The summed E-state index contributed by atoms with van der Waals surface area (Å²) in [7, 11) is -3.64. The standard InChI is InChI=1S/C19H23NO4S/c1-4-15-24-18-9-7-16(8-10-18)20(5-2)25(21,22)19-13-11-17(12-14-19)23-6-3/h4,7-14H,1,5-6,15H2,2-3H3. The Morgan fingerprint density at radius 3 is 2.04 bits per heavy atom. The number of nitrogens with zero attached hydrogens (tertiary/aromatic N) is 1. The summed E-state index contributed by atoms with van der Waals surface area (Å²) in [6.45, 7) is 8.54. The summed E-state index contributed by atoms with van der Waals surface area (Å²) in [5.74, 6) is 1.31. The van der Waals surface area contributed by atoms with E-state index < -0.39 is 10.0 Å². The van der Waals surface area contributed by atoms with Crippen molar-refractivity contribution in [1.29, 1.82) is 0 Å². The molecule has 0 amide bonds. The molecule has 0 fully saturated rings. The van der Waals surface area contributed by atoms with Gasteiger partial charge in [-0.3, -0.25) is 4.31 Å². The first-order valence-electron chi connectivity index (χ1n) is 8.12. The van der Waals surface area contributed by atoms with E-state index in [2.05, 4.69) is 6.58 Å². The van der Waals surface area contributed by atoms with E-state index in [4.69, 9.17) is 9.47 Å². The summed E-state index contributed by atoms with van der Waals surface area (Å²) in [6, 6.07) is 13.4. The van der Waals surface area contributed by atoms with Crippen molar-refractivity contribution in [2.24, 2.45) is 0 Å². The maximum absolute atomic E-state index is 12.9. The number of ether oxygens (including phenoxy) is 2. The van der Waals surface area contributed by atoms with Gasteiger partial charge in [-0.2, -0.15) is 0 Å². The first kappa shape index (κ1) is 18.9. The number of rotatable bonds is 9. The average molecular weight is 361 g/mol. The Kier molecular flexibility index (Phi) is 6.47. The summed E-state index contributed by atoms with van der Waals surface area (Å²) < 4.78 is 38.0. The van der Waals surface area contributed by atoms with Crippen molar-refractivity contribution in [3.8, 4) is 11.5 Å². The van der Waals surface area contributed by atoms with Crippen LogP contribution in [-0.2, 0) is 10.0 Å². The summed E-state index contributed by atoms with van der Waals surface area (Å²) in [4.78, 5) is 0.227. The monoisotopic (exact) mass is 361 g/mol. The summed E-state index contributed by atoms with van der Waals surface area (Å²) in [5, 5.41) is 0. The number of sulfonamides is 1. The normalized spacial score (nSPS) is 11.0. The Bertz CT molecular complexity index is 783. The van der Waals surface area contributed by atoms with Crippen LogP contribution in [0.15, 0.2) is 66.1 Å². The van der Waals surface area contributed by atoms with E-state index >= 15 is 0 Å². The molecule has 134 valence electrons. The van der Waals surface area contributed by atoms with Crippen LogP contribution < -0.4 is 13.8 Å². The van der Waals surface area contributed by atoms with Crippen LogP contribution in [0.1, 0.15) is 13.8 Å². The fraction of sp³-hybridized carbons (Fsp3) is 0.263. The van der Waals surface area contributed by atoms with Crippen LogP contribution >= 0.6 is 0 Å². The number of hydrogen-bond acceptors (Lipinski definition) is 4. The van der Waals surface area contributed by atoms with Crippen molar-refractivity contribution in [3.05, 3.63) is 61.2 Å². The molecule has 0 heterocycles. The van der Waals surface area contributed by atoms with Gasteiger partial charge in [0.2, 0.25) is 0 Å². The van der Waals surface area contributed by atoms with Crippen LogP contribution in [-0.4, -0.2) is 28.2 Å². The van der Waals surface area contributed by atoms with Crippen LogP contribution in [0.2, 0.25) is 0 Å². The molecule has 2 aromatic rings. The van der Waals surface area contributed by atoms with Crippen molar-refractivity contribution in [3.63, 3.8) is 0 Å². The molecule has 0 aromatic heterocycles. The van der Waals surface area contributed by atoms with E-state index in [1.807, 2.05) is 6.92 Å². The van der Waals surface area contributed by atoms with E-state index in [1.165, 1.54) is 4.31 Å². The molecular formula is C19H23NO4S. The fourth-order valence-corrected chi connectivity index (χ4v) is 3.83. The van der Waals surface area contributed by atoms with Gasteiger partial charge in [0.1, 0.15) is 18.1 Å². The number of benzene rings is 2. The minimum absolute atomic E-state index is 0.227. The zero-order valence-electron chi connectivity index (χ0n) is 14.5. The third-order valence-electron chi connectivity index (χ3n) is 3.50. The van der Waals surface area contributed by atoms with Gasteiger partial charge in [0.05, 0.1) is 17.2 Å². The average Bonchev–Trinajstić information content (AvgIpc) is 2.62. The highest BCUT2D eigenvalue weighted by Crippen LogP contribution is 2.26. The fourth-order valence-electron chi connectivity index (χ4n) is 2.36. The van der Waals surface area contributed by atoms with Gasteiger partial charge in [0.25, 0.3) is 10.0 Å². The molecule has 6 heteroatoms. The number of anilines is 1. The highest BCUT2D eigenvalue weighted by Gasteiger charge is 2.23. The third kappa shape index (κ3) is 4.54. The molecule has 5 nitrogen and oxygen atoms in total. The predicted molar refractivity (Wildman–Crippen MR) is 100.0 cm³/mol. The van der Waals surface area contributed by atoms with Crippen molar-refractivity contribution >= 4 is 15.7 Å². The SMILES string of the molecule is C=CCOc1ccc(N(CC)S(=O)(=O)c2ccc(OCC)cc2)cc1. The molecule has 0 N–H and O–H groups in total. The maximum atomic E-state index is 12.9. The third-order valence-corrected chi connectivity index (χ3v) is 5.42. The van der Waals surface area contributed by atoms with Gasteiger partial charge >= 0.3 is 0 Å². The summed E-state index contributed by atoms with van der Waals surface area (Å²) in [5.41, 5.74) is 0.585. The second-order valence-corrected chi connectivity index (χ2v) is 7.03. The lowest BCUT2D eigenvalue weighted by atomic mass is 10.3. The van der Waals surface area contributed by atoms with E-state index in [0.717, 1.165) is 0 Å². The van der Waals surface area contributed by atoms with Crippen LogP contribution in [0.25, 0.3) is 0 Å². The molecule has 0 aliphatic carbocycles. The molecule has 25 heavy (non-hydrogen) atoms. The van der Waals surface area contributed by atoms with E-state index in [-0.39, 0.29) is 4.90 Å². The maximum Gasteiger partial charge on any atom is 0.264 e. The molecule has 0 unspecified atom stereocenters. The minimum Gasteiger partial charge on any atom is -0.494 e. The Balaban J connectivity index is 2.26. The molecule has 0 saturated heterocycles. The molecule has 0 radical (unpaired) electrons. The van der Waals surface area contributed by atoms with Gasteiger partial charge in [0.15, 0.2) is 0 Å². The van der Waals surface area contributed by atoms with Crippen LogP contribution in [0.5, 0.6) is 11.5 Å². The van der Waals surface area contributed by atoms with Crippen LogP contribution in [0, 0.1) is 0 Å². The van der Waals surface area contributed by atoms with Crippen molar-refractivity contribution in [2.75, 3.05) is 24.1 Å². The molecule has 0 atom stereocenters. The van der Waals surface area contributed by atoms with Gasteiger partial charge in [-0.05, 0) is 62.4 Å². The van der Waals surface area contributed by atoms with E-state index in [1.54, 1.807) is 61.5 Å². The molecule has 0 aliphatic rings. The van der Waals surface area contributed by atoms with Gasteiger partial charge in [-0.15, -0.1) is 0 Å². The Morgan fingerprint density at radius 2 is 1.52 bits per heavy atom. The lowest BCUT2D eigenvalue weighted by molar-refractivity contribution is 0.340. The molecular weight excluding hydrogens is 338 g/mol.